The van der Waals surface area contributed by atoms with Crippen LogP contribution >= 0.6 is 15.9 Å². The molecule has 0 spiro atoms. The summed E-state index contributed by atoms with van der Waals surface area (Å²) in [6, 6.07) is 9.67. The molecule has 0 aliphatic carbocycles. The van der Waals surface area contributed by atoms with Gasteiger partial charge in [0.05, 0.1) is 5.52 Å². The van der Waals surface area contributed by atoms with Gasteiger partial charge in [-0.25, -0.2) is 9.97 Å². The molecule has 5 heteroatoms. The third kappa shape index (κ3) is 1.86. The molecule has 90 valence electrons. The van der Waals surface area contributed by atoms with E-state index in [0.29, 0.717) is 11.3 Å². The summed E-state index contributed by atoms with van der Waals surface area (Å²) in [6.45, 7) is 1.95. The second kappa shape index (κ2) is 4.10. The van der Waals surface area contributed by atoms with Crippen LogP contribution in [0.4, 0.5) is 5.69 Å². The number of nitrogen functional groups attached to an aromatic ring is 1. The van der Waals surface area contributed by atoms with E-state index in [2.05, 4.69) is 30.9 Å². The molecule has 0 atom stereocenters. The maximum Gasteiger partial charge on any atom is 0.178 e. The smallest absolute Gasteiger partial charge is 0.178 e. The molecular formula is C13H11BrN4. The highest BCUT2D eigenvalue weighted by Gasteiger charge is 2.09. The Bertz CT molecular complexity index is 733. The number of halogens is 1. The topological polar surface area (TPSA) is 67.6 Å². The standard InChI is InChI=1S/C13H11BrN4/c1-7-2-5-11-13(16-7)18-12(17-11)9-4-3-8(14)6-10(9)15/h2-6H,15H2,1H3,(H,16,17,18). The molecule has 0 fully saturated rings. The molecular weight excluding hydrogens is 292 g/mol. The molecule has 0 saturated heterocycles. The van der Waals surface area contributed by atoms with Gasteiger partial charge in [-0.2, -0.15) is 0 Å². The van der Waals surface area contributed by atoms with Gasteiger partial charge in [-0.1, -0.05) is 15.9 Å². The molecule has 2 heterocycles. The summed E-state index contributed by atoms with van der Waals surface area (Å²) in [4.78, 5) is 12.1. The SMILES string of the molecule is Cc1ccc2[nH]c(-c3ccc(Br)cc3N)nc2n1. The molecule has 0 amide bonds. The Morgan fingerprint density at radius 2 is 2.00 bits per heavy atom. The zero-order chi connectivity index (χ0) is 12.7. The van der Waals surface area contributed by atoms with Crippen molar-refractivity contribution in [1.29, 1.82) is 0 Å². The number of hydrogen-bond acceptors (Lipinski definition) is 3. The van der Waals surface area contributed by atoms with Gasteiger partial charge in [0.25, 0.3) is 0 Å². The zero-order valence-corrected chi connectivity index (χ0v) is 11.3. The van der Waals surface area contributed by atoms with Gasteiger partial charge in [0.15, 0.2) is 5.65 Å². The largest absolute Gasteiger partial charge is 0.398 e. The van der Waals surface area contributed by atoms with E-state index in [1.54, 1.807) is 0 Å². The van der Waals surface area contributed by atoms with Crippen LogP contribution in [0, 0.1) is 6.92 Å². The average molecular weight is 303 g/mol. The molecule has 2 aromatic heterocycles. The first-order valence-electron chi connectivity index (χ1n) is 5.52. The number of nitrogens with one attached hydrogen (secondary N) is 1. The van der Waals surface area contributed by atoms with Gasteiger partial charge in [-0.05, 0) is 37.3 Å². The number of anilines is 1. The number of benzene rings is 1. The van der Waals surface area contributed by atoms with Crippen LogP contribution in [0.3, 0.4) is 0 Å². The number of aryl methyl sites for hydroxylation is 1. The molecule has 3 N–H and O–H groups in total. The summed E-state index contributed by atoms with van der Waals surface area (Å²) in [5.74, 6) is 0.744. The number of H-pyrrole nitrogens is 1. The molecule has 3 aromatic rings. The van der Waals surface area contributed by atoms with E-state index in [4.69, 9.17) is 5.73 Å². The quantitative estimate of drug-likeness (QED) is 0.678. The maximum absolute atomic E-state index is 5.99. The first-order valence-corrected chi connectivity index (χ1v) is 6.31. The number of aromatic nitrogens is 3. The number of nitrogens with zero attached hydrogens (tertiary/aromatic N) is 2. The normalized spacial score (nSPS) is 11.0. The number of hydrogen-bond donors (Lipinski definition) is 2. The van der Waals surface area contributed by atoms with Crippen molar-refractivity contribution in [1.82, 2.24) is 15.0 Å². The zero-order valence-electron chi connectivity index (χ0n) is 9.74. The van der Waals surface area contributed by atoms with Gasteiger partial charge in [0.2, 0.25) is 0 Å². The van der Waals surface area contributed by atoms with Crippen molar-refractivity contribution < 1.29 is 0 Å². The molecule has 0 saturated carbocycles. The Balaban J connectivity index is 2.19. The number of nitrogens with two attached hydrogens (primary N) is 1. The first kappa shape index (κ1) is 11.2. The van der Waals surface area contributed by atoms with Crippen LogP contribution in [0.1, 0.15) is 5.69 Å². The monoisotopic (exact) mass is 302 g/mol. The van der Waals surface area contributed by atoms with Crippen LogP contribution < -0.4 is 5.73 Å². The van der Waals surface area contributed by atoms with E-state index in [0.717, 1.165) is 27.1 Å². The van der Waals surface area contributed by atoms with Crippen molar-refractivity contribution in [2.75, 3.05) is 5.73 Å². The Morgan fingerprint density at radius 3 is 2.78 bits per heavy atom. The summed E-state index contributed by atoms with van der Waals surface area (Å²) in [5.41, 5.74) is 10.1. The van der Waals surface area contributed by atoms with E-state index in [-0.39, 0.29) is 0 Å². The Labute approximate surface area is 112 Å². The summed E-state index contributed by atoms with van der Waals surface area (Å²) >= 11 is 3.39. The van der Waals surface area contributed by atoms with E-state index in [1.807, 2.05) is 37.3 Å². The van der Waals surface area contributed by atoms with Crippen molar-refractivity contribution in [2.45, 2.75) is 6.92 Å². The van der Waals surface area contributed by atoms with Gasteiger partial charge in [-0.15, -0.1) is 0 Å². The number of imidazole rings is 1. The summed E-state index contributed by atoms with van der Waals surface area (Å²) < 4.78 is 0.953. The molecule has 0 aliphatic heterocycles. The number of fused-ring (bicyclic) bond motifs is 1. The second-order valence-corrected chi connectivity index (χ2v) is 5.06. The lowest BCUT2D eigenvalue weighted by Gasteiger charge is -2.02. The fraction of sp³-hybridized carbons (Fsp3) is 0.0769. The highest BCUT2D eigenvalue weighted by Crippen LogP contribution is 2.27. The van der Waals surface area contributed by atoms with E-state index < -0.39 is 0 Å². The van der Waals surface area contributed by atoms with Crippen LogP contribution in [-0.4, -0.2) is 15.0 Å². The van der Waals surface area contributed by atoms with Gasteiger partial charge < -0.3 is 10.7 Å². The fourth-order valence-electron chi connectivity index (χ4n) is 1.86. The van der Waals surface area contributed by atoms with Crippen LogP contribution in [-0.2, 0) is 0 Å². The third-order valence-electron chi connectivity index (χ3n) is 2.75. The molecule has 3 rings (SSSR count). The van der Waals surface area contributed by atoms with Crippen LogP contribution in [0.25, 0.3) is 22.6 Å². The molecule has 0 unspecified atom stereocenters. The maximum atomic E-state index is 5.99. The molecule has 1 aromatic carbocycles. The molecule has 0 radical (unpaired) electrons. The Hall–Kier alpha value is -1.88. The minimum Gasteiger partial charge on any atom is -0.398 e. The van der Waals surface area contributed by atoms with Crippen molar-refractivity contribution >= 4 is 32.8 Å². The van der Waals surface area contributed by atoms with E-state index >= 15 is 0 Å². The Kier molecular flexibility index (Phi) is 2.56. The lowest BCUT2D eigenvalue weighted by Crippen LogP contribution is -1.91. The fourth-order valence-corrected chi connectivity index (χ4v) is 2.24. The number of aromatic amines is 1. The summed E-state index contributed by atoms with van der Waals surface area (Å²) in [5, 5.41) is 0. The average Bonchev–Trinajstić information content (AvgIpc) is 2.71. The van der Waals surface area contributed by atoms with Crippen molar-refractivity contribution in [3.8, 4) is 11.4 Å². The summed E-state index contributed by atoms with van der Waals surface area (Å²) in [7, 11) is 0. The van der Waals surface area contributed by atoms with E-state index in [1.165, 1.54) is 0 Å². The van der Waals surface area contributed by atoms with E-state index in [9.17, 15) is 0 Å². The van der Waals surface area contributed by atoms with Crippen LogP contribution in [0.5, 0.6) is 0 Å². The van der Waals surface area contributed by atoms with Gasteiger partial charge in [0, 0.05) is 21.4 Å². The van der Waals surface area contributed by atoms with Gasteiger partial charge in [0.1, 0.15) is 5.82 Å². The number of pyridine rings is 1. The third-order valence-corrected chi connectivity index (χ3v) is 3.25. The Morgan fingerprint density at radius 1 is 1.17 bits per heavy atom. The van der Waals surface area contributed by atoms with Crippen LogP contribution in [0.15, 0.2) is 34.8 Å². The van der Waals surface area contributed by atoms with Crippen molar-refractivity contribution in [3.63, 3.8) is 0 Å². The predicted octanol–water partition coefficient (Wildman–Crippen LogP) is 3.28. The second-order valence-electron chi connectivity index (χ2n) is 4.14. The lowest BCUT2D eigenvalue weighted by atomic mass is 10.2. The minimum absolute atomic E-state index is 0.681. The molecule has 4 nitrogen and oxygen atoms in total. The van der Waals surface area contributed by atoms with Crippen molar-refractivity contribution in [2.24, 2.45) is 0 Å². The lowest BCUT2D eigenvalue weighted by molar-refractivity contribution is 1.22. The number of rotatable bonds is 1. The summed E-state index contributed by atoms with van der Waals surface area (Å²) in [6.07, 6.45) is 0. The highest BCUT2D eigenvalue weighted by atomic mass is 79.9. The minimum atomic E-state index is 0.681. The highest BCUT2D eigenvalue weighted by molar-refractivity contribution is 9.10. The first-order chi connectivity index (χ1) is 8.63. The predicted molar refractivity (Wildman–Crippen MR) is 76.2 cm³/mol. The van der Waals surface area contributed by atoms with Gasteiger partial charge >= 0.3 is 0 Å². The van der Waals surface area contributed by atoms with Crippen LogP contribution in [0.2, 0.25) is 0 Å². The molecule has 0 aliphatic rings. The van der Waals surface area contributed by atoms with Gasteiger partial charge in [-0.3, -0.25) is 0 Å². The molecule has 18 heavy (non-hydrogen) atoms. The van der Waals surface area contributed by atoms with Crippen molar-refractivity contribution in [3.05, 3.63) is 40.5 Å². The molecule has 0 bridgehead atoms.